The van der Waals surface area contributed by atoms with E-state index in [0.717, 1.165) is 7.11 Å². The van der Waals surface area contributed by atoms with Crippen LogP contribution in [0.25, 0.3) is 0 Å². The molecule has 0 aliphatic carbocycles. The second-order valence-corrected chi connectivity index (χ2v) is 3.47. The number of carbonyl (C=O) groups is 2. The van der Waals surface area contributed by atoms with Crippen molar-refractivity contribution in [1.29, 1.82) is 0 Å². The van der Waals surface area contributed by atoms with Crippen molar-refractivity contribution in [2.24, 2.45) is 0 Å². The van der Waals surface area contributed by atoms with Crippen molar-refractivity contribution in [3.05, 3.63) is 29.6 Å². The molecule has 0 atom stereocenters. The highest BCUT2D eigenvalue weighted by molar-refractivity contribution is 6.32. The van der Waals surface area contributed by atoms with Gasteiger partial charge in [0.15, 0.2) is 11.6 Å². The topological polar surface area (TPSA) is 64.6 Å². The molecular weight excluding hydrogens is 241 g/mol. The summed E-state index contributed by atoms with van der Waals surface area (Å²) in [4.78, 5) is 21.8. The van der Waals surface area contributed by atoms with Crippen molar-refractivity contribution < 1.29 is 23.5 Å². The van der Waals surface area contributed by atoms with Crippen LogP contribution in [0.2, 0.25) is 0 Å². The zero-order valence-corrected chi connectivity index (χ0v) is 10.2. The van der Waals surface area contributed by atoms with Crippen molar-refractivity contribution in [2.75, 3.05) is 20.8 Å². The van der Waals surface area contributed by atoms with Gasteiger partial charge >= 0.3 is 11.9 Å². The Morgan fingerprint density at radius 3 is 2.61 bits per heavy atom. The van der Waals surface area contributed by atoms with E-state index in [1.807, 2.05) is 0 Å². The summed E-state index contributed by atoms with van der Waals surface area (Å²) in [6, 6.07) is 4.52. The number of halogens is 1. The van der Waals surface area contributed by atoms with E-state index in [1.165, 1.54) is 19.2 Å². The van der Waals surface area contributed by atoms with E-state index in [4.69, 9.17) is 4.74 Å². The molecule has 0 heterocycles. The van der Waals surface area contributed by atoms with Crippen LogP contribution in [0.15, 0.2) is 18.2 Å². The third kappa shape index (κ3) is 3.73. The van der Waals surface area contributed by atoms with Gasteiger partial charge in [-0.15, -0.1) is 0 Å². The first kappa shape index (κ1) is 14.0. The Morgan fingerprint density at radius 2 is 2.06 bits per heavy atom. The van der Waals surface area contributed by atoms with Gasteiger partial charge in [0.05, 0.1) is 14.2 Å². The van der Waals surface area contributed by atoms with Gasteiger partial charge in [-0.1, -0.05) is 6.07 Å². The molecule has 0 spiro atoms. The largest absolute Gasteiger partial charge is 0.494 e. The van der Waals surface area contributed by atoms with Crippen LogP contribution < -0.4 is 10.1 Å². The number of hydrogen-bond donors (Lipinski definition) is 1. The molecule has 98 valence electrons. The minimum Gasteiger partial charge on any atom is -0.494 e. The fourth-order valence-electron chi connectivity index (χ4n) is 1.35. The zero-order chi connectivity index (χ0) is 13.5. The fourth-order valence-corrected chi connectivity index (χ4v) is 1.35. The molecular formula is C12H14FNO4. The number of esters is 1. The van der Waals surface area contributed by atoms with Gasteiger partial charge in [-0.05, 0) is 24.1 Å². The third-order valence-corrected chi connectivity index (χ3v) is 2.29. The van der Waals surface area contributed by atoms with Crippen molar-refractivity contribution in [1.82, 2.24) is 5.32 Å². The summed E-state index contributed by atoms with van der Waals surface area (Å²) in [6.45, 7) is 0.222. The third-order valence-electron chi connectivity index (χ3n) is 2.29. The van der Waals surface area contributed by atoms with Gasteiger partial charge in [-0.2, -0.15) is 0 Å². The van der Waals surface area contributed by atoms with E-state index in [9.17, 15) is 14.0 Å². The Kier molecular flexibility index (Phi) is 5.10. The molecule has 18 heavy (non-hydrogen) atoms. The van der Waals surface area contributed by atoms with E-state index >= 15 is 0 Å². The first-order valence-corrected chi connectivity index (χ1v) is 5.27. The monoisotopic (exact) mass is 255 g/mol. The number of carbonyl (C=O) groups excluding carboxylic acids is 2. The Labute approximate surface area is 104 Å². The van der Waals surface area contributed by atoms with Gasteiger partial charge in [-0.25, -0.2) is 9.18 Å². The normalized spacial score (nSPS) is 9.72. The van der Waals surface area contributed by atoms with Gasteiger partial charge in [0.25, 0.3) is 0 Å². The highest BCUT2D eigenvalue weighted by atomic mass is 19.1. The van der Waals surface area contributed by atoms with Crippen molar-refractivity contribution in [3.63, 3.8) is 0 Å². The van der Waals surface area contributed by atoms with Crippen LogP contribution in [0.4, 0.5) is 4.39 Å². The molecule has 0 bridgehead atoms. The van der Waals surface area contributed by atoms with Crippen molar-refractivity contribution in [3.8, 4) is 5.75 Å². The predicted octanol–water partition coefficient (Wildman–Crippen LogP) is 0.666. The van der Waals surface area contributed by atoms with E-state index in [2.05, 4.69) is 10.1 Å². The number of rotatable bonds is 4. The summed E-state index contributed by atoms with van der Waals surface area (Å²) in [5.74, 6) is -2.06. The average Bonchev–Trinajstić information content (AvgIpc) is 2.37. The quantitative estimate of drug-likeness (QED) is 0.634. The second kappa shape index (κ2) is 6.58. The van der Waals surface area contributed by atoms with Crippen LogP contribution in [-0.4, -0.2) is 32.6 Å². The molecule has 1 N–H and O–H groups in total. The van der Waals surface area contributed by atoms with Crippen LogP contribution in [0.5, 0.6) is 5.75 Å². The van der Waals surface area contributed by atoms with E-state index in [-0.39, 0.29) is 12.3 Å². The summed E-state index contributed by atoms with van der Waals surface area (Å²) in [5.41, 5.74) is 0.693. The number of nitrogens with one attached hydrogen (secondary N) is 1. The lowest BCUT2D eigenvalue weighted by Crippen LogP contribution is -2.33. The smallest absolute Gasteiger partial charge is 0.396 e. The molecule has 0 saturated carbocycles. The maximum atomic E-state index is 13.3. The average molecular weight is 255 g/mol. The van der Waals surface area contributed by atoms with Crippen molar-refractivity contribution in [2.45, 2.75) is 6.42 Å². The SMILES string of the molecule is COC(=O)C(=O)NCCc1ccc(OC)c(F)c1. The van der Waals surface area contributed by atoms with Crippen LogP contribution in [0.1, 0.15) is 5.56 Å². The summed E-state index contributed by atoms with van der Waals surface area (Å²) in [5, 5.41) is 2.36. The fraction of sp³-hybridized carbons (Fsp3) is 0.333. The molecule has 0 fully saturated rings. The van der Waals surface area contributed by atoms with Crippen LogP contribution in [0, 0.1) is 5.82 Å². The molecule has 0 radical (unpaired) electrons. The maximum absolute atomic E-state index is 13.3. The molecule has 1 aromatic rings. The molecule has 0 aliphatic rings. The molecule has 1 aromatic carbocycles. The van der Waals surface area contributed by atoms with Gasteiger partial charge in [0.1, 0.15) is 0 Å². The second-order valence-electron chi connectivity index (χ2n) is 3.47. The van der Waals surface area contributed by atoms with Gasteiger partial charge in [-0.3, -0.25) is 4.79 Å². The van der Waals surface area contributed by atoms with E-state index in [1.54, 1.807) is 6.07 Å². The van der Waals surface area contributed by atoms with E-state index in [0.29, 0.717) is 12.0 Å². The summed E-state index contributed by atoms with van der Waals surface area (Å²) < 4.78 is 22.4. The summed E-state index contributed by atoms with van der Waals surface area (Å²) >= 11 is 0. The van der Waals surface area contributed by atoms with Crippen LogP contribution >= 0.6 is 0 Å². The predicted molar refractivity (Wildman–Crippen MR) is 61.7 cm³/mol. The van der Waals surface area contributed by atoms with E-state index < -0.39 is 17.7 Å². The molecule has 0 aliphatic heterocycles. The van der Waals surface area contributed by atoms with Gasteiger partial charge < -0.3 is 14.8 Å². The molecule has 1 amide bonds. The first-order valence-electron chi connectivity index (χ1n) is 5.27. The summed E-state index contributed by atoms with van der Waals surface area (Å²) in [6.07, 6.45) is 0.406. The van der Waals surface area contributed by atoms with Crippen LogP contribution in [0.3, 0.4) is 0 Å². The highest BCUT2D eigenvalue weighted by Crippen LogP contribution is 2.17. The lowest BCUT2D eigenvalue weighted by molar-refractivity contribution is -0.152. The zero-order valence-electron chi connectivity index (χ0n) is 10.2. The van der Waals surface area contributed by atoms with Gasteiger partial charge in [0.2, 0.25) is 0 Å². The van der Waals surface area contributed by atoms with Crippen molar-refractivity contribution >= 4 is 11.9 Å². The Balaban J connectivity index is 2.47. The molecule has 6 heteroatoms. The number of benzene rings is 1. The molecule has 1 rings (SSSR count). The Hall–Kier alpha value is -2.11. The maximum Gasteiger partial charge on any atom is 0.396 e. The summed E-state index contributed by atoms with van der Waals surface area (Å²) in [7, 11) is 2.51. The Bertz CT molecular complexity index is 448. The highest BCUT2D eigenvalue weighted by Gasteiger charge is 2.12. The molecule has 0 unspecified atom stereocenters. The number of ether oxygens (including phenoxy) is 2. The molecule has 0 saturated heterocycles. The molecule has 5 nitrogen and oxygen atoms in total. The first-order chi connectivity index (χ1) is 8.58. The lowest BCUT2D eigenvalue weighted by Gasteiger charge is -2.06. The number of methoxy groups -OCH3 is 2. The number of hydrogen-bond acceptors (Lipinski definition) is 4. The van der Waals surface area contributed by atoms with Crippen LogP contribution in [-0.2, 0) is 20.7 Å². The minimum atomic E-state index is -0.948. The Morgan fingerprint density at radius 1 is 1.33 bits per heavy atom. The standard InChI is InChI=1S/C12H14FNO4/c1-17-10-4-3-8(7-9(10)13)5-6-14-11(15)12(16)18-2/h3-4,7H,5-6H2,1-2H3,(H,14,15). The molecule has 0 aromatic heterocycles. The minimum absolute atomic E-state index is 0.164. The van der Waals surface area contributed by atoms with Gasteiger partial charge in [0, 0.05) is 6.54 Å². The lowest BCUT2D eigenvalue weighted by atomic mass is 10.1. The number of amides is 1.